The van der Waals surface area contributed by atoms with Crippen molar-refractivity contribution in [1.82, 2.24) is 5.32 Å². The van der Waals surface area contributed by atoms with Crippen LogP contribution in [-0.4, -0.2) is 19.6 Å². The average Bonchev–Trinajstić information content (AvgIpc) is 2.60. The van der Waals surface area contributed by atoms with Crippen molar-refractivity contribution in [3.05, 3.63) is 58.7 Å². The van der Waals surface area contributed by atoms with Crippen LogP contribution in [0.25, 0.3) is 0 Å². The van der Waals surface area contributed by atoms with Gasteiger partial charge in [-0.15, -0.1) is 0 Å². The Bertz CT molecular complexity index is 803. The van der Waals surface area contributed by atoms with E-state index in [9.17, 15) is 18.0 Å². The third-order valence-corrected chi connectivity index (χ3v) is 4.12. The summed E-state index contributed by atoms with van der Waals surface area (Å²) in [6.07, 6.45) is -3.68. The van der Waals surface area contributed by atoms with E-state index in [0.717, 1.165) is 37.8 Å². The Balaban J connectivity index is 1.84. The molecule has 4 nitrogen and oxygen atoms in total. The first-order chi connectivity index (χ1) is 11.9. The first-order valence-electron chi connectivity index (χ1n) is 7.77. The van der Waals surface area contributed by atoms with Crippen molar-refractivity contribution >= 4 is 11.6 Å². The molecule has 0 saturated carbocycles. The Morgan fingerprint density at radius 1 is 1.16 bits per heavy atom. The molecule has 2 N–H and O–H groups in total. The Morgan fingerprint density at radius 3 is 2.68 bits per heavy atom. The molecular formula is C18H17F3N2O2. The van der Waals surface area contributed by atoms with Crippen molar-refractivity contribution in [2.45, 2.75) is 19.1 Å². The summed E-state index contributed by atoms with van der Waals surface area (Å²) >= 11 is 0. The van der Waals surface area contributed by atoms with Crippen LogP contribution in [0.4, 0.5) is 18.9 Å². The van der Waals surface area contributed by atoms with E-state index < -0.39 is 17.6 Å². The second-order valence-corrected chi connectivity index (χ2v) is 5.78. The van der Waals surface area contributed by atoms with E-state index in [2.05, 4.69) is 10.6 Å². The van der Waals surface area contributed by atoms with Gasteiger partial charge in [-0.2, -0.15) is 13.2 Å². The third-order valence-electron chi connectivity index (χ3n) is 4.12. The highest BCUT2D eigenvalue weighted by Crippen LogP contribution is 2.36. The van der Waals surface area contributed by atoms with E-state index in [0.29, 0.717) is 12.2 Å². The Labute approximate surface area is 143 Å². The molecule has 0 aliphatic carbocycles. The van der Waals surface area contributed by atoms with Gasteiger partial charge in [0.05, 0.1) is 12.7 Å². The number of carbonyl (C=O) groups excluding carboxylic acids is 1. The lowest BCUT2D eigenvalue weighted by Crippen LogP contribution is -2.23. The second kappa shape index (κ2) is 6.76. The number of nitrogens with one attached hydrogen (secondary N) is 2. The Hall–Kier alpha value is -2.54. The number of hydrogen-bond acceptors (Lipinski definition) is 3. The van der Waals surface area contributed by atoms with E-state index in [1.165, 1.54) is 11.6 Å². The summed E-state index contributed by atoms with van der Waals surface area (Å²) in [6.45, 7) is 1.62. The van der Waals surface area contributed by atoms with Gasteiger partial charge in [-0.25, -0.2) is 0 Å². The van der Waals surface area contributed by atoms with E-state index in [-0.39, 0.29) is 11.3 Å². The first kappa shape index (κ1) is 17.3. The number of hydrogen-bond donors (Lipinski definition) is 2. The van der Waals surface area contributed by atoms with Gasteiger partial charge in [0.25, 0.3) is 5.91 Å². The standard InChI is InChI=1S/C18H17F3N2O2/c1-25-16-5-3-12(9-15(16)18(19,20)21)17(24)23-14-4-2-11-6-7-22-10-13(11)8-14/h2-5,8-9,22H,6-7,10H2,1H3,(H,23,24). The minimum Gasteiger partial charge on any atom is -0.496 e. The molecule has 1 aliphatic rings. The summed E-state index contributed by atoms with van der Waals surface area (Å²) in [6, 6.07) is 8.79. The second-order valence-electron chi connectivity index (χ2n) is 5.78. The van der Waals surface area contributed by atoms with Gasteiger partial charge in [0.2, 0.25) is 0 Å². The maximum Gasteiger partial charge on any atom is 0.419 e. The van der Waals surface area contributed by atoms with E-state index >= 15 is 0 Å². The highest BCUT2D eigenvalue weighted by atomic mass is 19.4. The highest BCUT2D eigenvalue weighted by Gasteiger charge is 2.35. The summed E-state index contributed by atoms with van der Waals surface area (Å²) in [5.41, 5.74) is 1.79. The number of fused-ring (bicyclic) bond motifs is 1. The molecule has 3 rings (SSSR count). The van der Waals surface area contributed by atoms with Crippen LogP contribution < -0.4 is 15.4 Å². The summed E-state index contributed by atoms with van der Waals surface area (Å²) in [4.78, 5) is 12.3. The predicted molar refractivity (Wildman–Crippen MR) is 87.8 cm³/mol. The van der Waals surface area contributed by atoms with Gasteiger partial charge in [0, 0.05) is 17.8 Å². The molecule has 0 fully saturated rings. The van der Waals surface area contributed by atoms with Crippen molar-refractivity contribution in [2.75, 3.05) is 19.0 Å². The van der Waals surface area contributed by atoms with Gasteiger partial charge in [-0.1, -0.05) is 6.07 Å². The van der Waals surface area contributed by atoms with Crippen molar-refractivity contribution in [2.24, 2.45) is 0 Å². The monoisotopic (exact) mass is 350 g/mol. The fourth-order valence-corrected chi connectivity index (χ4v) is 2.83. The summed E-state index contributed by atoms with van der Waals surface area (Å²) in [5.74, 6) is -0.916. The van der Waals surface area contributed by atoms with Crippen LogP contribution in [0.5, 0.6) is 5.75 Å². The number of amides is 1. The largest absolute Gasteiger partial charge is 0.496 e. The Morgan fingerprint density at radius 2 is 1.96 bits per heavy atom. The number of ether oxygens (including phenoxy) is 1. The van der Waals surface area contributed by atoms with E-state index in [4.69, 9.17) is 4.74 Å². The number of rotatable bonds is 3. The topological polar surface area (TPSA) is 50.4 Å². The van der Waals surface area contributed by atoms with Gasteiger partial charge >= 0.3 is 6.18 Å². The van der Waals surface area contributed by atoms with Crippen LogP contribution in [-0.2, 0) is 19.1 Å². The van der Waals surface area contributed by atoms with Crippen LogP contribution in [0.1, 0.15) is 27.0 Å². The number of anilines is 1. The number of halogens is 3. The highest BCUT2D eigenvalue weighted by molar-refractivity contribution is 6.04. The van der Waals surface area contributed by atoms with Crippen LogP contribution >= 0.6 is 0 Å². The lowest BCUT2D eigenvalue weighted by atomic mass is 10.0. The molecule has 0 radical (unpaired) electrons. The zero-order valence-electron chi connectivity index (χ0n) is 13.5. The molecule has 0 spiro atoms. The average molecular weight is 350 g/mol. The van der Waals surface area contributed by atoms with Crippen molar-refractivity contribution < 1.29 is 22.7 Å². The van der Waals surface area contributed by atoms with Crippen LogP contribution in [0.3, 0.4) is 0 Å². The molecule has 0 aromatic heterocycles. The molecule has 2 aromatic rings. The summed E-state index contributed by atoms with van der Waals surface area (Å²) in [7, 11) is 1.16. The van der Waals surface area contributed by atoms with E-state index in [1.54, 1.807) is 6.07 Å². The minimum absolute atomic E-state index is 0.0797. The SMILES string of the molecule is COc1ccc(C(=O)Nc2ccc3c(c2)CNCC3)cc1C(F)(F)F. The van der Waals surface area contributed by atoms with Gasteiger partial charge in [0.1, 0.15) is 5.75 Å². The number of methoxy groups -OCH3 is 1. The number of carbonyl (C=O) groups is 1. The zero-order chi connectivity index (χ0) is 18.0. The summed E-state index contributed by atoms with van der Waals surface area (Å²) < 4.78 is 44.0. The molecule has 0 saturated heterocycles. The molecule has 132 valence electrons. The first-order valence-corrected chi connectivity index (χ1v) is 7.77. The van der Waals surface area contributed by atoms with Crippen molar-refractivity contribution in [3.63, 3.8) is 0 Å². The van der Waals surface area contributed by atoms with Gasteiger partial charge in [-0.3, -0.25) is 4.79 Å². The van der Waals surface area contributed by atoms with Gasteiger partial charge in [-0.05, 0) is 54.4 Å². The van der Waals surface area contributed by atoms with Gasteiger partial charge in [0.15, 0.2) is 0 Å². The fraction of sp³-hybridized carbons (Fsp3) is 0.278. The van der Waals surface area contributed by atoms with Crippen LogP contribution in [0, 0.1) is 0 Å². The molecule has 7 heteroatoms. The van der Waals surface area contributed by atoms with Crippen LogP contribution in [0.2, 0.25) is 0 Å². The number of benzene rings is 2. The molecule has 1 heterocycles. The third kappa shape index (κ3) is 3.76. The minimum atomic E-state index is -4.60. The van der Waals surface area contributed by atoms with Crippen LogP contribution in [0.15, 0.2) is 36.4 Å². The van der Waals surface area contributed by atoms with Crippen molar-refractivity contribution in [1.29, 1.82) is 0 Å². The maximum atomic E-state index is 13.1. The molecule has 1 aliphatic heterocycles. The maximum absolute atomic E-state index is 13.1. The van der Waals surface area contributed by atoms with Crippen molar-refractivity contribution in [3.8, 4) is 5.75 Å². The lowest BCUT2D eigenvalue weighted by Gasteiger charge is -2.18. The summed E-state index contributed by atoms with van der Waals surface area (Å²) in [5, 5.41) is 5.89. The molecule has 0 unspecified atom stereocenters. The predicted octanol–water partition coefficient (Wildman–Crippen LogP) is 3.61. The zero-order valence-corrected chi connectivity index (χ0v) is 13.5. The van der Waals surface area contributed by atoms with E-state index in [1.807, 2.05) is 12.1 Å². The molecule has 0 atom stereocenters. The Kier molecular flexibility index (Phi) is 4.67. The normalized spacial score (nSPS) is 13.9. The van der Waals surface area contributed by atoms with Gasteiger partial charge < -0.3 is 15.4 Å². The fourth-order valence-electron chi connectivity index (χ4n) is 2.83. The molecule has 0 bridgehead atoms. The lowest BCUT2D eigenvalue weighted by molar-refractivity contribution is -0.138. The molecule has 25 heavy (non-hydrogen) atoms. The number of alkyl halides is 3. The molecule has 1 amide bonds. The molecular weight excluding hydrogens is 333 g/mol. The smallest absolute Gasteiger partial charge is 0.419 e. The molecule has 2 aromatic carbocycles. The quantitative estimate of drug-likeness (QED) is 0.889.